The summed E-state index contributed by atoms with van der Waals surface area (Å²) in [6.45, 7) is 1.03. The van der Waals surface area contributed by atoms with Crippen molar-refractivity contribution in [2.45, 2.75) is 18.0 Å². The molecular formula is C17H19NO5S. The van der Waals surface area contributed by atoms with Crippen LogP contribution in [0.3, 0.4) is 0 Å². The van der Waals surface area contributed by atoms with E-state index >= 15 is 0 Å². The molecule has 2 aromatic rings. The Hall–Kier alpha value is -2.22. The fourth-order valence-electron chi connectivity index (χ4n) is 2.64. The fourth-order valence-corrected chi connectivity index (χ4v) is 3.96. The molecular weight excluding hydrogens is 330 g/mol. The van der Waals surface area contributed by atoms with Gasteiger partial charge in [0, 0.05) is 30.3 Å². The summed E-state index contributed by atoms with van der Waals surface area (Å²) in [6, 6.07) is 10.8. The van der Waals surface area contributed by atoms with E-state index in [-0.39, 0.29) is 5.48 Å². The third kappa shape index (κ3) is 3.33. The van der Waals surface area contributed by atoms with Gasteiger partial charge in [0.05, 0.1) is 19.1 Å². The van der Waals surface area contributed by atoms with Crippen LogP contribution >= 0.6 is 0 Å². The number of nitrogens with zero attached hydrogens (tertiary/aromatic N) is 1. The van der Waals surface area contributed by atoms with Crippen LogP contribution in [0.4, 0.5) is 0 Å². The first-order valence-corrected chi connectivity index (χ1v) is 8.22. The molecule has 1 aliphatic rings. The number of hydrogen-bond donors (Lipinski definition) is 0. The van der Waals surface area contributed by atoms with E-state index in [1.165, 1.54) is 0 Å². The van der Waals surface area contributed by atoms with Crippen molar-refractivity contribution in [3.8, 4) is 11.5 Å². The molecule has 0 saturated carbocycles. The van der Waals surface area contributed by atoms with Crippen LogP contribution in [-0.2, 0) is 24.1 Å². The van der Waals surface area contributed by atoms with Crippen molar-refractivity contribution in [1.82, 2.24) is 4.31 Å². The smallest absolute Gasteiger partial charge is 0.150 e. The Labute approximate surface area is 142 Å². The summed E-state index contributed by atoms with van der Waals surface area (Å²) in [7, 11) is 1.97. The zero-order chi connectivity index (χ0) is 16.4. The molecule has 1 unspecified atom stereocenters. The second kappa shape index (κ2) is 7.57. The molecule has 0 fully saturated rings. The molecule has 128 valence electrons. The van der Waals surface area contributed by atoms with E-state index in [1.54, 1.807) is 32.4 Å². The van der Waals surface area contributed by atoms with E-state index in [2.05, 4.69) is 0 Å². The van der Waals surface area contributed by atoms with Crippen molar-refractivity contribution in [3.63, 3.8) is 0 Å². The number of aldehydes is 1. The lowest BCUT2D eigenvalue weighted by Crippen LogP contribution is -2.19. The predicted octanol–water partition coefficient (Wildman–Crippen LogP) is 1.73. The average molecular weight is 349 g/mol. The van der Waals surface area contributed by atoms with Gasteiger partial charge in [-0.3, -0.25) is 4.79 Å². The SMILES string of the molecule is COc1ccc(CN2Cc3cc(C=O)ccc3S2=O)c(OC)c1.O. The Morgan fingerprint density at radius 3 is 2.62 bits per heavy atom. The third-order valence-electron chi connectivity index (χ3n) is 3.83. The molecule has 3 rings (SSSR count). The van der Waals surface area contributed by atoms with Gasteiger partial charge in [-0.1, -0.05) is 12.1 Å². The Morgan fingerprint density at radius 1 is 1.17 bits per heavy atom. The van der Waals surface area contributed by atoms with E-state index in [0.717, 1.165) is 22.3 Å². The van der Waals surface area contributed by atoms with E-state index < -0.39 is 11.0 Å². The molecule has 0 bridgehead atoms. The highest BCUT2D eigenvalue weighted by molar-refractivity contribution is 7.83. The molecule has 2 N–H and O–H groups in total. The highest BCUT2D eigenvalue weighted by Gasteiger charge is 2.27. The first-order valence-electron chi connectivity index (χ1n) is 7.12. The standard InChI is InChI=1S/C17H17NO4S.H2O/c1-21-15-5-4-13(16(8-15)22-2)9-18-10-14-7-12(11-19)3-6-17(14)23(18)20;/h3-8,11H,9-10H2,1-2H3;1H2. The van der Waals surface area contributed by atoms with Crippen molar-refractivity contribution >= 4 is 17.3 Å². The zero-order valence-electron chi connectivity index (χ0n) is 13.4. The summed E-state index contributed by atoms with van der Waals surface area (Å²) in [5.41, 5.74) is 2.47. The largest absolute Gasteiger partial charge is 0.497 e. The minimum atomic E-state index is -1.23. The van der Waals surface area contributed by atoms with Crippen LogP contribution in [0.25, 0.3) is 0 Å². The van der Waals surface area contributed by atoms with E-state index in [1.807, 2.05) is 22.5 Å². The van der Waals surface area contributed by atoms with Crippen molar-refractivity contribution in [1.29, 1.82) is 0 Å². The lowest BCUT2D eigenvalue weighted by molar-refractivity contribution is 0.112. The minimum absolute atomic E-state index is 0. The number of carbonyl (C=O) groups is 1. The van der Waals surface area contributed by atoms with Crippen molar-refractivity contribution in [2.24, 2.45) is 0 Å². The van der Waals surface area contributed by atoms with Crippen molar-refractivity contribution < 1.29 is 24.0 Å². The lowest BCUT2D eigenvalue weighted by atomic mass is 10.1. The van der Waals surface area contributed by atoms with Crippen LogP contribution in [0.5, 0.6) is 11.5 Å². The quantitative estimate of drug-likeness (QED) is 0.769. The van der Waals surface area contributed by atoms with Crippen molar-refractivity contribution in [3.05, 3.63) is 53.1 Å². The summed E-state index contributed by atoms with van der Waals surface area (Å²) >= 11 is 0. The van der Waals surface area contributed by atoms with Crippen molar-refractivity contribution in [2.75, 3.05) is 14.2 Å². The first kappa shape index (κ1) is 18.1. The van der Waals surface area contributed by atoms with E-state index in [4.69, 9.17) is 9.47 Å². The highest BCUT2D eigenvalue weighted by Crippen LogP contribution is 2.32. The molecule has 0 radical (unpaired) electrons. The highest BCUT2D eigenvalue weighted by atomic mass is 32.2. The molecule has 0 spiro atoms. The second-order valence-electron chi connectivity index (χ2n) is 5.21. The van der Waals surface area contributed by atoms with E-state index in [9.17, 15) is 9.00 Å². The summed E-state index contributed by atoms with van der Waals surface area (Å²) in [4.78, 5) is 11.7. The fraction of sp³-hybridized carbons (Fsp3) is 0.235. The average Bonchev–Trinajstić information content (AvgIpc) is 2.90. The Morgan fingerprint density at radius 2 is 1.96 bits per heavy atom. The molecule has 1 heterocycles. The Bertz CT molecular complexity index is 778. The van der Waals surface area contributed by atoms with Crippen LogP contribution < -0.4 is 9.47 Å². The maximum Gasteiger partial charge on any atom is 0.150 e. The summed E-state index contributed by atoms with van der Waals surface area (Å²) in [6.07, 6.45) is 0.804. The number of ether oxygens (including phenoxy) is 2. The summed E-state index contributed by atoms with van der Waals surface area (Å²) < 4.78 is 25.0. The number of carbonyl (C=O) groups excluding carboxylic acids is 1. The lowest BCUT2D eigenvalue weighted by Gasteiger charge is -2.16. The topological polar surface area (TPSA) is 87.3 Å². The molecule has 0 amide bonds. The van der Waals surface area contributed by atoms with Crippen LogP contribution in [-0.4, -0.2) is 34.5 Å². The molecule has 1 atom stereocenters. The normalized spacial score (nSPS) is 16.2. The third-order valence-corrected chi connectivity index (χ3v) is 5.33. The monoisotopic (exact) mass is 349 g/mol. The van der Waals surface area contributed by atoms with Gasteiger partial charge in [-0.15, -0.1) is 0 Å². The minimum Gasteiger partial charge on any atom is -0.497 e. The molecule has 1 aliphatic heterocycles. The summed E-state index contributed by atoms with van der Waals surface area (Å²) in [5.74, 6) is 1.41. The molecule has 0 aliphatic carbocycles. The number of fused-ring (bicyclic) bond motifs is 1. The van der Waals surface area contributed by atoms with Crippen LogP contribution in [0.1, 0.15) is 21.5 Å². The van der Waals surface area contributed by atoms with E-state index in [0.29, 0.717) is 30.2 Å². The zero-order valence-corrected chi connectivity index (χ0v) is 14.3. The van der Waals surface area contributed by atoms with Crippen LogP contribution in [0, 0.1) is 0 Å². The molecule has 6 nitrogen and oxygen atoms in total. The number of benzene rings is 2. The summed E-state index contributed by atoms with van der Waals surface area (Å²) in [5, 5.41) is 0. The van der Waals surface area contributed by atoms with Gasteiger partial charge in [0.15, 0.2) is 0 Å². The van der Waals surface area contributed by atoms with Gasteiger partial charge < -0.3 is 14.9 Å². The predicted molar refractivity (Wildman–Crippen MR) is 90.6 cm³/mol. The number of methoxy groups -OCH3 is 2. The molecule has 7 heteroatoms. The Kier molecular flexibility index (Phi) is 5.71. The van der Waals surface area contributed by atoms with Gasteiger partial charge >= 0.3 is 0 Å². The van der Waals surface area contributed by atoms with Gasteiger partial charge in [0.2, 0.25) is 0 Å². The number of rotatable bonds is 5. The molecule has 2 aromatic carbocycles. The molecule has 0 aromatic heterocycles. The van der Waals surface area contributed by atoms with Crippen LogP contribution in [0.15, 0.2) is 41.3 Å². The maximum atomic E-state index is 12.6. The van der Waals surface area contributed by atoms with Gasteiger partial charge in [-0.05, 0) is 23.8 Å². The van der Waals surface area contributed by atoms with Gasteiger partial charge in [0.1, 0.15) is 28.8 Å². The Balaban J connectivity index is 0.00000208. The van der Waals surface area contributed by atoms with Gasteiger partial charge in [0.25, 0.3) is 0 Å². The van der Waals surface area contributed by atoms with Gasteiger partial charge in [-0.2, -0.15) is 0 Å². The maximum absolute atomic E-state index is 12.6. The second-order valence-corrected chi connectivity index (χ2v) is 6.66. The number of hydrogen-bond acceptors (Lipinski definition) is 4. The molecule has 24 heavy (non-hydrogen) atoms. The molecule has 0 saturated heterocycles. The first-order chi connectivity index (χ1) is 11.2. The van der Waals surface area contributed by atoms with Gasteiger partial charge in [-0.25, -0.2) is 8.51 Å². The van der Waals surface area contributed by atoms with Crippen LogP contribution in [0.2, 0.25) is 0 Å².